The van der Waals surface area contributed by atoms with E-state index in [1.165, 1.54) is 29.5 Å². The molecule has 2 aliphatic rings. The van der Waals surface area contributed by atoms with Crippen molar-refractivity contribution >= 4 is 5.91 Å². The summed E-state index contributed by atoms with van der Waals surface area (Å²) in [5.41, 5.74) is 3.65. The molecule has 1 saturated heterocycles. The van der Waals surface area contributed by atoms with Crippen LogP contribution < -0.4 is 0 Å². The van der Waals surface area contributed by atoms with Crippen LogP contribution >= 0.6 is 0 Å². The SMILES string of the molecule is CCCN1CCN(CC2CC2)C[C@@H](Cc2ccccc2-c2ccncc2)C1=O. The number of pyridine rings is 1. The zero-order valence-corrected chi connectivity index (χ0v) is 16.9. The molecule has 0 unspecified atom stereocenters. The maximum atomic E-state index is 13.3. The summed E-state index contributed by atoms with van der Waals surface area (Å²) in [7, 11) is 0. The van der Waals surface area contributed by atoms with Gasteiger partial charge in [-0.2, -0.15) is 0 Å². The molecule has 1 atom stereocenters. The molecule has 1 aliphatic carbocycles. The molecule has 2 fully saturated rings. The normalized spacial score (nSPS) is 21.0. The van der Waals surface area contributed by atoms with Gasteiger partial charge in [-0.05, 0) is 60.4 Å². The molecule has 2 heterocycles. The van der Waals surface area contributed by atoms with Gasteiger partial charge in [-0.1, -0.05) is 31.2 Å². The van der Waals surface area contributed by atoms with Gasteiger partial charge in [0.05, 0.1) is 5.92 Å². The molecule has 0 N–H and O–H groups in total. The van der Waals surface area contributed by atoms with Gasteiger partial charge in [0, 0.05) is 45.1 Å². The number of benzene rings is 1. The van der Waals surface area contributed by atoms with Crippen molar-refractivity contribution in [2.75, 3.05) is 32.7 Å². The van der Waals surface area contributed by atoms with E-state index in [1.807, 2.05) is 12.4 Å². The van der Waals surface area contributed by atoms with Crippen LogP contribution in [0.5, 0.6) is 0 Å². The van der Waals surface area contributed by atoms with Crippen LogP contribution in [0.4, 0.5) is 0 Å². The van der Waals surface area contributed by atoms with E-state index in [-0.39, 0.29) is 5.92 Å². The van der Waals surface area contributed by atoms with Crippen molar-refractivity contribution < 1.29 is 4.79 Å². The van der Waals surface area contributed by atoms with Crippen LogP contribution in [-0.4, -0.2) is 53.4 Å². The lowest BCUT2D eigenvalue weighted by Crippen LogP contribution is -2.38. The molecule has 1 amide bonds. The summed E-state index contributed by atoms with van der Waals surface area (Å²) < 4.78 is 0. The van der Waals surface area contributed by atoms with E-state index in [1.54, 1.807) is 0 Å². The third-order valence-electron chi connectivity index (χ3n) is 6.01. The van der Waals surface area contributed by atoms with Gasteiger partial charge < -0.3 is 9.80 Å². The van der Waals surface area contributed by atoms with E-state index in [0.29, 0.717) is 5.91 Å². The number of rotatable bonds is 7. The first kappa shape index (κ1) is 19.1. The first-order valence-corrected chi connectivity index (χ1v) is 10.7. The summed E-state index contributed by atoms with van der Waals surface area (Å²) in [6, 6.07) is 12.6. The Bertz CT molecular complexity index is 787. The molecule has 28 heavy (non-hydrogen) atoms. The predicted molar refractivity (Wildman–Crippen MR) is 113 cm³/mol. The second-order valence-corrected chi connectivity index (χ2v) is 8.32. The van der Waals surface area contributed by atoms with Crippen molar-refractivity contribution in [3.8, 4) is 11.1 Å². The Labute approximate surface area is 168 Å². The highest BCUT2D eigenvalue weighted by Gasteiger charge is 2.33. The first-order valence-electron chi connectivity index (χ1n) is 10.7. The van der Waals surface area contributed by atoms with Crippen molar-refractivity contribution in [3.63, 3.8) is 0 Å². The second-order valence-electron chi connectivity index (χ2n) is 8.32. The van der Waals surface area contributed by atoms with E-state index < -0.39 is 0 Å². The van der Waals surface area contributed by atoms with Gasteiger partial charge in [0.1, 0.15) is 0 Å². The van der Waals surface area contributed by atoms with Crippen molar-refractivity contribution in [3.05, 3.63) is 54.4 Å². The molecular formula is C24H31N3O. The lowest BCUT2D eigenvalue weighted by Gasteiger charge is -2.24. The Balaban J connectivity index is 1.58. The van der Waals surface area contributed by atoms with Crippen molar-refractivity contribution in [2.24, 2.45) is 11.8 Å². The van der Waals surface area contributed by atoms with Gasteiger partial charge in [-0.3, -0.25) is 9.78 Å². The van der Waals surface area contributed by atoms with Gasteiger partial charge >= 0.3 is 0 Å². The lowest BCUT2D eigenvalue weighted by molar-refractivity contribution is -0.134. The summed E-state index contributed by atoms with van der Waals surface area (Å²) in [5, 5.41) is 0. The molecule has 4 rings (SSSR count). The fourth-order valence-corrected chi connectivity index (χ4v) is 4.36. The van der Waals surface area contributed by atoms with Crippen LogP contribution in [0.25, 0.3) is 11.1 Å². The Hall–Kier alpha value is -2.20. The quantitative estimate of drug-likeness (QED) is 0.735. The van der Waals surface area contributed by atoms with Crippen LogP contribution in [0.15, 0.2) is 48.8 Å². The molecule has 0 spiro atoms. The van der Waals surface area contributed by atoms with Crippen LogP contribution in [0.3, 0.4) is 0 Å². The highest BCUT2D eigenvalue weighted by atomic mass is 16.2. The molecule has 1 aromatic carbocycles. The molecule has 1 aromatic heterocycles. The zero-order valence-electron chi connectivity index (χ0n) is 16.9. The Kier molecular flexibility index (Phi) is 6.06. The molecule has 148 valence electrons. The lowest BCUT2D eigenvalue weighted by atomic mass is 9.91. The minimum Gasteiger partial charge on any atom is -0.341 e. The third kappa shape index (κ3) is 4.61. The van der Waals surface area contributed by atoms with Crippen LogP contribution in [-0.2, 0) is 11.2 Å². The maximum Gasteiger partial charge on any atom is 0.227 e. The molecule has 2 aromatic rings. The van der Waals surface area contributed by atoms with Crippen LogP contribution in [0.1, 0.15) is 31.7 Å². The molecule has 0 radical (unpaired) electrons. The van der Waals surface area contributed by atoms with E-state index in [9.17, 15) is 4.79 Å². The first-order chi connectivity index (χ1) is 13.7. The van der Waals surface area contributed by atoms with Crippen molar-refractivity contribution in [2.45, 2.75) is 32.6 Å². The summed E-state index contributed by atoms with van der Waals surface area (Å²) in [5.74, 6) is 1.23. The van der Waals surface area contributed by atoms with Crippen LogP contribution in [0.2, 0.25) is 0 Å². The number of hydrogen-bond donors (Lipinski definition) is 0. The minimum absolute atomic E-state index is 0.0378. The van der Waals surface area contributed by atoms with Crippen molar-refractivity contribution in [1.82, 2.24) is 14.8 Å². The maximum absolute atomic E-state index is 13.3. The number of nitrogens with zero attached hydrogens (tertiary/aromatic N) is 3. The summed E-state index contributed by atoms with van der Waals surface area (Å²) in [4.78, 5) is 22.1. The van der Waals surface area contributed by atoms with Gasteiger partial charge in [0.15, 0.2) is 0 Å². The predicted octanol–water partition coefficient (Wildman–Crippen LogP) is 3.87. The molecule has 4 nitrogen and oxygen atoms in total. The number of hydrogen-bond acceptors (Lipinski definition) is 3. The number of amides is 1. The van der Waals surface area contributed by atoms with E-state index >= 15 is 0 Å². The Morgan fingerprint density at radius 1 is 1.07 bits per heavy atom. The third-order valence-corrected chi connectivity index (χ3v) is 6.01. The van der Waals surface area contributed by atoms with Gasteiger partial charge in [-0.15, -0.1) is 0 Å². The Morgan fingerprint density at radius 3 is 2.61 bits per heavy atom. The Morgan fingerprint density at radius 2 is 1.86 bits per heavy atom. The minimum atomic E-state index is 0.0378. The van der Waals surface area contributed by atoms with Crippen LogP contribution in [0, 0.1) is 11.8 Å². The zero-order chi connectivity index (χ0) is 19.3. The fourth-order valence-electron chi connectivity index (χ4n) is 4.36. The topological polar surface area (TPSA) is 36.4 Å². The molecule has 1 aliphatic heterocycles. The molecule has 1 saturated carbocycles. The number of carbonyl (C=O) groups excluding carboxylic acids is 1. The van der Waals surface area contributed by atoms with E-state index in [2.05, 4.69) is 58.1 Å². The highest BCUT2D eigenvalue weighted by molar-refractivity contribution is 5.80. The monoisotopic (exact) mass is 377 g/mol. The van der Waals surface area contributed by atoms with E-state index in [4.69, 9.17) is 0 Å². The standard InChI is InChI=1S/C24H31N3O/c1-2-13-27-15-14-26(17-19-7-8-19)18-22(24(27)28)16-21-5-3-4-6-23(21)20-9-11-25-12-10-20/h3-6,9-12,19,22H,2,7-8,13-18H2,1H3/t22-/m1/s1. The molecular weight excluding hydrogens is 346 g/mol. The van der Waals surface area contributed by atoms with Gasteiger partial charge in [0.25, 0.3) is 0 Å². The van der Waals surface area contributed by atoms with Gasteiger partial charge in [-0.25, -0.2) is 0 Å². The summed E-state index contributed by atoms with van der Waals surface area (Å²) >= 11 is 0. The fraction of sp³-hybridized carbons (Fsp3) is 0.500. The largest absolute Gasteiger partial charge is 0.341 e. The second kappa shape index (κ2) is 8.87. The summed E-state index contributed by atoms with van der Waals surface area (Å²) in [6.45, 7) is 6.98. The average Bonchev–Trinajstić information content (AvgIpc) is 3.55. The summed E-state index contributed by atoms with van der Waals surface area (Å²) in [6.07, 6.45) is 8.22. The number of aromatic nitrogens is 1. The number of carbonyl (C=O) groups is 1. The average molecular weight is 378 g/mol. The highest BCUT2D eigenvalue weighted by Crippen LogP contribution is 2.31. The van der Waals surface area contributed by atoms with Crippen molar-refractivity contribution in [1.29, 1.82) is 0 Å². The van der Waals surface area contributed by atoms with E-state index in [0.717, 1.165) is 51.5 Å². The molecule has 4 heteroatoms. The van der Waals surface area contributed by atoms with Gasteiger partial charge in [0.2, 0.25) is 5.91 Å². The smallest absolute Gasteiger partial charge is 0.227 e. The molecule has 0 bridgehead atoms.